The highest BCUT2D eigenvalue weighted by atomic mass is 32.2. The molecule has 2 unspecified atom stereocenters. The summed E-state index contributed by atoms with van der Waals surface area (Å²) in [5.74, 6) is 0.161. The fourth-order valence-electron chi connectivity index (χ4n) is 4.92. The van der Waals surface area contributed by atoms with E-state index in [0.29, 0.717) is 5.75 Å². The number of benzene rings is 1. The summed E-state index contributed by atoms with van der Waals surface area (Å²) in [4.78, 5) is 25.9. The van der Waals surface area contributed by atoms with Crippen LogP contribution in [0.1, 0.15) is 71.6 Å². The minimum Gasteiger partial charge on any atom is -0.426 e. The first-order chi connectivity index (χ1) is 14.4. The molecule has 2 atom stereocenters. The predicted molar refractivity (Wildman–Crippen MR) is 122 cm³/mol. The lowest BCUT2D eigenvalue weighted by Gasteiger charge is -2.35. The molecule has 1 aliphatic carbocycles. The molecule has 1 amide bonds. The molecular weight excluding hydrogens is 396 g/mol. The van der Waals surface area contributed by atoms with E-state index in [1.807, 2.05) is 31.2 Å². The van der Waals surface area contributed by atoms with E-state index in [0.717, 1.165) is 75.8 Å². The fraction of sp³-hybridized carbons (Fsp3) is 0.667. The van der Waals surface area contributed by atoms with E-state index in [1.54, 1.807) is 11.8 Å². The molecule has 166 valence electrons. The summed E-state index contributed by atoms with van der Waals surface area (Å²) in [5, 5.41) is 3.42. The quantitative estimate of drug-likeness (QED) is 0.437. The Labute approximate surface area is 184 Å². The van der Waals surface area contributed by atoms with Crippen molar-refractivity contribution in [2.24, 2.45) is 17.1 Å². The van der Waals surface area contributed by atoms with E-state index in [9.17, 15) is 9.59 Å². The summed E-state index contributed by atoms with van der Waals surface area (Å²) in [6.45, 7) is 6.21. The topological polar surface area (TPSA) is 81.4 Å². The Hall–Kier alpha value is -1.53. The van der Waals surface area contributed by atoms with Gasteiger partial charge in [0.05, 0.1) is 10.7 Å². The van der Waals surface area contributed by atoms with Gasteiger partial charge in [-0.3, -0.25) is 9.59 Å². The SMILES string of the molecule is CCCCC(CC)C(=O)Oc1ccc(SC2(C(N)=O)CCC3(CCNCC3)C2)cc1. The van der Waals surface area contributed by atoms with Gasteiger partial charge in [-0.25, -0.2) is 0 Å². The minimum atomic E-state index is -0.539. The van der Waals surface area contributed by atoms with Crippen LogP contribution in [-0.2, 0) is 9.59 Å². The molecular formula is C24H36N2O3S. The average molecular weight is 433 g/mol. The van der Waals surface area contributed by atoms with Crippen molar-refractivity contribution in [2.75, 3.05) is 13.1 Å². The number of amides is 1. The van der Waals surface area contributed by atoms with Gasteiger partial charge in [-0.2, -0.15) is 0 Å². The van der Waals surface area contributed by atoms with Crippen molar-refractivity contribution < 1.29 is 14.3 Å². The molecule has 6 heteroatoms. The molecule has 2 aliphatic rings. The van der Waals surface area contributed by atoms with Crippen molar-refractivity contribution in [3.63, 3.8) is 0 Å². The summed E-state index contributed by atoms with van der Waals surface area (Å²) in [6, 6.07) is 7.55. The maximum Gasteiger partial charge on any atom is 0.314 e. The van der Waals surface area contributed by atoms with E-state index >= 15 is 0 Å². The Balaban J connectivity index is 1.64. The zero-order valence-corrected chi connectivity index (χ0v) is 19.2. The van der Waals surface area contributed by atoms with Gasteiger partial charge in [-0.05, 0) is 87.7 Å². The highest BCUT2D eigenvalue weighted by molar-refractivity contribution is 8.01. The molecule has 2 fully saturated rings. The molecule has 1 aliphatic heterocycles. The van der Waals surface area contributed by atoms with Crippen LogP contribution in [0.15, 0.2) is 29.2 Å². The van der Waals surface area contributed by atoms with Gasteiger partial charge in [0.15, 0.2) is 0 Å². The Bertz CT molecular complexity index is 730. The molecule has 1 aromatic carbocycles. The van der Waals surface area contributed by atoms with Crippen LogP contribution in [0, 0.1) is 11.3 Å². The van der Waals surface area contributed by atoms with Crippen molar-refractivity contribution in [2.45, 2.75) is 81.3 Å². The van der Waals surface area contributed by atoms with Crippen LogP contribution in [0.5, 0.6) is 5.75 Å². The molecule has 30 heavy (non-hydrogen) atoms. The van der Waals surface area contributed by atoms with E-state index in [2.05, 4.69) is 12.2 Å². The highest BCUT2D eigenvalue weighted by Crippen LogP contribution is 2.56. The molecule has 1 saturated heterocycles. The highest BCUT2D eigenvalue weighted by Gasteiger charge is 2.52. The molecule has 1 saturated carbocycles. The van der Waals surface area contributed by atoms with E-state index in [4.69, 9.17) is 10.5 Å². The predicted octanol–water partition coefficient (Wildman–Crippen LogP) is 4.68. The van der Waals surface area contributed by atoms with Gasteiger partial charge in [0.2, 0.25) is 5.91 Å². The van der Waals surface area contributed by atoms with Crippen LogP contribution >= 0.6 is 11.8 Å². The number of esters is 1. The number of ether oxygens (including phenoxy) is 1. The molecule has 0 radical (unpaired) electrons. The summed E-state index contributed by atoms with van der Waals surface area (Å²) in [7, 11) is 0. The maximum absolute atomic E-state index is 12.5. The third-order valence-corrected chi connectivity index (χ3v) is 8.37. The summed E-state index contributed by atoms with van der Waals surface area (Å²) in [6.07, 6.45) is 8.78. The van der Waals surface area contributed by atoms with Gasteiger partial charge in [0, 0.05) is 4.90 Å². The van der Waals surface area contributed by atoms with Crippen molar-refractivity contribution >= 4 is 23.6 Å². The number of thioether (sulfide) groups is 1. The van der Waals surface area contributed by atoms with Crippen molar-refractivity contribution in [3.8, 4) is 5.75 Å². The second-order valence-electron chi connectivity index (χ2n) is 9.03. The molecule has 3 rings (SSSR count). The molecule has 1 heterocycles. The van der Waals surface area contributed by atoms with Crippen molar-refractivity contribution in [3.05, 3.63) is 24.3 Å². The maximum atomic E-state index is 12.5. The van der Waals surface area contributed by atoms with Gasteiger partial charge in [-0.1, -0.05) is 26.7 Å². The van der Waals surface area contributed by atoms with Gasteiger partial charge in [0.1, 0.15) is 5.75 Å². The Kier molecular flexibility index (Phi) is 7.86. The molecule has 5 nitrogen and oxygen atoms in total. The zero-order valence-electron chi connectivity index (χ0n) is 18.4. The van der Waals surface area contributed by atoms with Gasteiger partial charge in [0.25, 0.3) is 0 Å². The summed E-state index contributed by atoms with van der Waals surface area (Å²) in [5.41, 5.74) is 6.16. The van der Waals surface area contributed by atoms with Crippen LogP contribution in [0.3, 0.4) is 0 Å². The lowest BCUT2D eigenvalue weighted by atomic mass is 9.77. The molecule has 0 bridgehead atoms. The Morgan fingerprint density at radius 3 is 2.43 bits per heavy atom. The van der Waals surface area contributed by atoms with E-state index in [-0.39, 0.29) is 23.2 Å². The number of carbonyl (C=O) groups is 2. The van der Waals surface area contributed by atoms with Crippen LogP contribution < -0.4 is 15.8 Å². The van der Waals surface area contributed by atoms with Crippen LogP contribution in [-0.4, -0.2) is 29.7 Å². The standard InChI is InChI=1S/C24H36N2O3S/c1-3-5-6-18(4-2)21(27)29-19-7-9-20(10-8-19)30-24(22(25)28)12-11-23(17-24)13-15-26-16-14-23/h7-10,18,26H,3-6,11-17H2,1-2H3,(H2,25,28). The number of primary amides is 1. The third-order valence-electron chi connectivity index (χ3n) is 6.92. The number of piperidine rings is 1. The largest absolute Gasteiger partial charge is 0.426 e. The van der Waals surface area contributed by atoms with Gasteiger partial charge in [-0.15, -0.1) is 11.8 Å². The first kappa shape index (κ1) is 23.1. The number of nitrogens with two attached hydrogens (primary N) is 1. The molecule has 1 aromatic rings. The third kappa shape index (κ3) is 5.38. The smallest absolute Gasteiger partial charge is 0.314 e. The first-order valence-corrected chi connectivity index (χ1v) is 12.2. The normalized spacial score (nSPS) is 23.9. The Morgan fingerprint density at radius 1 is 1.13 bits per heavy atom. The summed E-state index contributed by atoms with van der Waals surface area (Å²) >= 11 is 1.59. The second-order valence-corrected chi connectivity index (χ2v) is 10.5. The average Bonchev–Trinajstić information content (AvgIpc) is 3.09. The van der Waals surface area contributed by atoms with Crippen molar-refractivity contribution in [1.29, 1.82) is 0 Å². The van der Waals surface area contributed by atoms with E-state index in [1.165, 1.54) is 0 Å². The fourth-order valence-corrected chi connectivity index (χ4v) is 6.33. The van der Waals surface area contributed by atoms with Crippen LogP contribution in [0.4, 0.5) is 0 Å². The van der Waals surface area contributed by atoms with Gasteiger partial charge < -0.3 is 15.8 Å². The number of carbonyl (C=O) groups excluding carboxylic acids is 2. The number of nitrogens with one attached hydrogen (secondary N) is 1. The lowest BCUT2D eigenvalue weighted by Crippen LogP contribution is -2.42. The second kappa shape index (κ2) is 10.2. The first-order valence-electron chi connectivity index (χ1n) is 11.4. The van der Waals surface area contributed by atoms with E-state index < -0.39 is 4.75 Å². The van der Waals surface area contributed by atoms with Crippen LogP contribution in [0.25, 0.3) is 0 Å². The molecule has 1 spiro atoms. The summed E-state index contributed by atoms with van der Waals surface area (Å²) < 4.78 is 5.07. The number of hydrogen-bond acceptors (Lipinski definition) is 5. The Morgan fingerprint density at radius 2 is 1.83 bits per heavy atom. The molecule has 0 aromatic heterocycles. The number of rotatable bonds is 9. The number of unbranched alkanes of at least 4 members (excludes halogenated alkanes) is 1. The van der Waals surface area contributed by atoms with Gasteiger partial charge >= 0.3 is 5.97 Å². The zero-order chi connectivity index (χ0) is 21.6. The minimum absolute atomic E-state index is 0.0446. The lowest BCUT2D eigenvalue weighted by molar-refractivity contribution is -0.139. The van der Waals surface area contributed by atoms with Crippen molar-refractivity contribution in [1.82, 2.24) is 5.32 Å². The monoisotopic (exact) mass is 432 g/mol. The number of hydrogen-bond donors (Lipinski definition) is 2. The molecule has 3 N–H and O–H groups in total. The van der Waals surface area contributed by atoms with Crippen LogP contribution in [0.2, 0.25) is 0 Å².